The molecule has 38 heavy (non-hydrogen) atoms. The SMILES string of the molecule is CN1Cc2cccc(-c3ccc(NC(=O)c4cc(C(F)(F)F)nn4-c4ccc(Cl)c(N)c4)cc3)c2S1(=O)=O. The maximum absolute atomic E-state index is 13.4. The Balaban J connectivity index is 1.46. The average Bonchev–Trinajstić information content (AvgIpc) is 3.41. The predicted molar refractivity (Wildman–Crippen MR) is 136 cm³/mol. The lowest BCUT2D eigenvalue weighted by molar-refractivity contribution is -0.141. The van der Waals surface area contributed by atoms with Crippen molar-refractivity contribution < 1.29 is 26.4 Å². The van der Waals surface area contributed by atoms with Crippen LogP contribution in [0.5, 0.6) is 0 Å². The summed E-state index contributed by atoms with van der Waals surface area (Å²) in [5.74, 6) is -0.848. The van der Waals surface area contributed by atoms with E-state index in [-0.39, 0.29) is 39.2 Å². The lowest BCUT2D eigenvalue weighted by atomic mass is 10.0. The zero-order chi connectivity index (χ0) is 27.4. The van der Waals surface area contributed by atoms with Crippen molar-refractivity contribution in [1.82, 2.24) is 14.1 Å². The molecule has 8 nitrogen and oxygen atoms in total. The molecule has 13 heteroatoms. The maximum Gasteiger partial charge on any atom is 0.435 e. The monoisotopic (exact) mass is 561 g/mol. The van der Waals surface area contributed by atoms with E-state index in [1.54, 1.807) is 30.3 Å². The van der Waals surface area contributed by atoms with E-state index in [1.807, 2.05) is 0 Å². The third-order valence-corrected chi connectivity index (χ3v) is 8.36. The minimum Gasteiger partial charge on any atom is -0.397 e. The Kier molecular flexibility index (Phi) is 6.21. The highest BCUT2D eigenvalue weighted by Crippen LogP contribution is 2.38. The second-order valence-electron chi connectivity index (χ2n) is 8.62. The topological polar surface area (TPSA) is 110 Å². The number of nitrogens with one attached hydrogen (secondary N) is 1. The Hall–Kier alpha value is -3.87. The van der Waals surface area contributed by atoms with Crippen LogP contribution in [0, 0.1) is 0 Å². The van der Waals surface area contributed by atoms with Crippen LogP contribution in [0.1, 0.15) is 21.7 Å². The number of nitrogen functional groups attached to an aromatic ring is 1. The third-order valence-electron chi connectivity index (χ3n) is 6.07. The first-order valence-electron chi connectivity index (χ1n) is 11.1. The molecule has 0 fully saturated rings. The Bertz CT molecular complexity index is 1690. The number of alkyl halides is 3. The van der Waals surface area contributed by atoms with Crippen molar-refractivity contribution in [3.8, 4) is 16.8 Å². The fourth-order valence-corrected chi connectivity index (χ4v) is 5.86. The molecule has 0 aliphatic carbocycles. The van der Waals surface area contributed by atoms with Crippen LogP contribution >= 0.6 is 11.6 Å². The van der Waals surface area contributed by atoms with Gasteiger partial charge in [-0.25, -0.2) is 13.1 Å². The highest BCUT2D eigenvalue weighted by Gasteiger charge is 2.36. The Morgan fingerprint density at radius 3 is 2.45 bits per heavy atom. The molecule has 0 radical (unpaired) electrons. The number of amides is 1. The number of carbonyl (C=O) groups excluding carboxylic acids is 1. The zero-order valence-electron chi connectivity index (χ0n) is 19.6. The van der Waals surface area contributed by atoms with E-state index in [1.165, 1.54) is 41.7 Å². The number of rotatable bonds is 4. The molecule has 0 bridgehead atoms. The van der Waals surface area contributed by atoms with E-state index in [2.05, 4.69) is 10.4 Å². The highest BCUT2D eigenvalue weighted by molar-refractivity contribution is 7.89. The van der Waals surface area contributed by atoms with Gasteiger partial charge in [0.25, 0.3) is 5.91 Å². The van der Waals surface area contributed by atoms with Crippen molar-refractivity contribution >= 4 is 38.9 Å². The number of sulfonamides is 1. The van der Waals surface area contributed by atoms with Crippen molar-refractivity contribution in [2.24, 2.45) is 0 Å². The molecule has 0 saturated heterocycles. The van der Waals surface area contributed by atoms with E-state index in [0.29, 0.717) is 22.8 Å². The van der Waals surface area contributed by atoms with Gasteiger partial charge < -0.3 is 11.1 Å². The number of carbonyl (C=O) groups is 1. The number of anilines is 2. The van der Waals surface area contributed by atoms with Gasteiger partial charge in [-0.2, -0.15) is 22.6 Å². The Morgan fingerprint density at radius 1 is 1.08 bits per heavy atom. The lowest BCUT2D eigenvalue weighted by Gasteiger charge is -2.12. The predicted octanol–water partition coefficient (Wildman–Crippen LogP) is 5.18. The number of nitrogens with two attached hydrogens (primary N) is 1. The summed E-state index contributed by atoms with van der Waals surface area (Å²) in [6.45, 7) is 0.270. The van der Waals surface area contributed by atoms with Gasteiger partial charge in [-0.3, -0.25) is 4.79 Å². The minimum absolute atomic E-state index is 0.107. The van der Waals surface area contributed by atoms with E-state index in [4.69, 9.17) is 17.3 Å². The molecule has 3 aromatic carbocycles. The summed E-state index contributed by atoms with van der Waals surface area (Å²) < 4.78 is 67.9. The zero-order valence-corrected chi connectivity index (χ0v) is 21.2. The van der Waals surface area contributed by atoms with Crippen LogP contribution in [0.4, 0.5) is 24.5 Å². The first-order chi connectivity index (χ1) is 17.9. The molecule has 4 aromatic rings. The molecule has 1 aromatic heterocycles. The molecule has 0 saturated carbocycles. The summed E-state index contributed by atoms with van der Waals surface area (Å²) in [7, 11) is -2.13. The lowest BCUT2D eigenvalue weighted by Crippen LogP contribution is -2.18. The Labute approximate surface area is 220 Å². The number of halogens is 4. The van der Waals surface area contributed by atoms with E-state index >= 15 is 0 Å². The first kappa shape index (κ1) is 25.8. The number of hydrogen-bond acceptors (Lipinski definition) is 5. The molecular weight excluding hydrogens is 543 g/mol. The summed E-state index contributed by atoms with van der Waals surface area (Å²) >= 11 is 5.92. The van der Waals surface area contributed by atoms with Gasteiger partial charge in [0.05, 0.1) is 21.3 Å². The van der Waals surface area contributed by atoms with Gasteiger partial charge in [0.15, 0.2) is 5.69 Å². The average molecular weight is 562 g/mol. The van der Waals surface area contributed by atoms with Crippen LogP contribution in [0.2, 0.25) is 5.02 Å². The van der Waals surface area contributed by atoms with Crippen molar-refractivity contribution in [2.75, 3.05) is 18.1 Å². The Morgan fingerprint density at radius 2 is 1.79 bits per heavy atom. The summed E-state index contributed by atoms with van der Waals surface area (Å²) in [4.78, 5) is 13.3. The number of fused-ring (bicyclic) bond motifs is 1. The minimum atomic E-state index is -4.79. The van der Waals surface area contributed by atoms with E-state index in [9.17, 15) is 26.4 Å². The van der Waals surface area contributed by atoms with Crippen molar-refractivity contribution in [2.45, 2.75) is 17.6 Å². The standard InChI is InChI=1S/C25H19ClF3N5O3S/c1-33-13-15-3-2-4-18(23(15)38(33,36)37)14-5-7-16(8-6-14)31-24(35)21-12-22(25(27,28)29)32-34(21)17-9-10-19(26)20(30)11-17/h2-12H,13,30H2,1H3,(H,31,35). The van der Waals surface area contributed by atoms with Gasteiger partial charge in [0.2, 0.25) is 10.0 Å². The van der Waals surface area contributed by atoms with E-state index in [0.717, 1.165) is 4.68 Å². The summed E-state index contributed by atoms with van der Waals surface area (Å²) in [5.41, 5.74) is 6.45. The van der Waals surface area contributed by atoms with Gasteiger partial charge in [-0.05, 0) is 41.5 Å². The molecule has 5 rings (SSSR count). The quantitative estimate of drug-likeness (QED) is 0.334. The van der Waals surface area contributed by atoms with Crippen LogP contribution in [0.3, 0.4) is 0 Å². The molecular formula is C25H19ClF3N5O3S. The molecule has 0 atom stereocenters. The van der Waals surface area contributed by atoms with Crippen molar-refractivity contribution in [3.05, 3.63) is 88.7 Å². The third kappa shape index (κ3) is 4.51. The van der Waals surface area contributed by atoms with Crippen LogP contribution in [0.15, 0.2) is 71.6 Å². The van der Waals surface area contributed by atoms with Gasteiger partial charge in [0, 0.05) is 30.9 Å². The molecule has 3 N–H and O–H groups in total. The number of benzene rings is 3. The molecule has 1 amide bonds. The second-order valence-corrected chi connectivity index (χ2v) is 11.0. The fourth-order valence-electron chi connectivity index (χ4n) is 4.19. The largest absolute Gasteiger partial charge is 0.435 e. The smallest absolute Gasteiger partial charge is 0.397 e. The normalized spacial score (nSPS) is 14.9. The summed E-state index contributed by atoms with van der Waals surface area (Å²) in [5, 5.41) is 6.33. The molecule has 0 spiro atoms. The summed E-state index contributed by atoms with van der Waals surface area (Å²) in [6, 6.07) is 16.2. The van der Waals surface area contributed by atoms with Crippen LogP contribution in [-0.2, 0) is 22.7 Å². The number of nitrogens with zero attached hydrogens (tertiary/aromatic N) is 3. The molecule has 1 aliphatic heterocycles. The first-order valence-corrected chi connectivity index (χ1v) is 12.9. The number of aromatic nitrogens is 2. The van der Waals surface area contributed by atoms with Gasteiger partial charge in [-0.1, -0.05) is 41.9 Å². The molecule has 2 heterocycles. The van der Waals surface area contributed by atoms with Gasteiger partial charge >= 0.3 is 6.18 Å². The van der Waals surface area contributed by atoms with Crippen molar-refractivity contribution in [3.63, 3.8) is 0 Å². The van der Waals surface area contributed by atoms with Gasteiger partial charge in [0.1, 0.15) is 5.69 Å². The van der Waals surface area contributed by atoms with E-state index < -0.39 is 27.8 Å². The maximum atomic E-state index is 13.4. The molecule has 1 aliphatic rings. The highest BCUT2D eigenvalue weighted by atomic mass is 35.5. The number of hydrogen-bond donors (Lipinski definition) is 2. The summed E-state index contributed by atoms with van der Waals surface area (Å²) in [6.07, 6.45) is -4.79. The van der Waals surface area contributed by atoms with Crippen LogP contribution < -0.4 is 11.1 Å². The molecule has 0 unspecified atom stereocenters. The second kappa shape index (κ2) is 9.15. The van der Waals surface area contributed by atoms with Crippen LogP contribution in [0.25, 0.3) is 16.8 Å². The van der Waals surface area contributed by atoms with Gasteiger partial charge in [-0.15, -0.1) is 0 Å². The fraction of sp³-hybridized carbons (Fsp3) is 0.120. The van der Waals surface area contributed by atoms with Crippen LogP contribution in [-0.4, -0.2) is 35.5 Å². The van der Waals surface area contributed by atoms with Crippen molar-refractivity contribution in [1.29, 1.82) is 0 Å². The molecule has 196 valence electrons.